The van der Waals surface area contributed by atoms with Crippen molar-refractivity contribution in [3.05, 3.63) is 46.7 Å². The van der Waals surface area contributed by atoms with Crippen LogP contribution in [0.15, 0.2) is 30.5 Å². The summed E-state index contributed by atoms with van der Waals surface area (Å²) in [7, 11) is 1.88. The molecule has 0 atom stereocenters. The van der Waals surface area contributed by atoms with Crippen molar-refractivity contribution in [1.29, 1.82) is 0 Å². The summed E-state index contributed by atoms with van der Waals surface area (Å²) in [6, 6.07) is 7.85. The van der Waals surface area contributed by atoms with E-state index in [2.05, 4.69) is 14.9 Å². The van der Waals surface area contributed by atoms with E-state index in [1.165, 1.54) is 5.56 Å². The number of halogens is 1. The Morgan fingerprint density at radius 1 is 1.31 bits per heavy atom. The Hall–Kier alpha value is -1.48. The molecule has 16 heavy (non-hydrogen) atoms. The van der Waals surface area contributed by atoms with Crippen LogP contribution in [-0.4, -0.2) is 16.6 Å². The lowest BCUT2D eigenvalue weighted by atomic mass is 10.2. The first kappa shape index (κ1) is 11.0. The van der Waals surface area contributed by atoms with Crippen LogP contribution in [0.1, 0.15) is 11.3 Å². The molecule has 0 saturated carbocycles. The highest BCUT2D eigenvalue weighted by molar-refractivity contribution is 6.30. The largest absolute Gasteiger partial charge is 0.359 e. The number of anilines is 1. The highest BCUT2D eigenvalue weighted by Gasteiger charge is 2.03. The van der Waals surface area contributed by atoms with E-state index < -0.39 is 0 Å². The number of aromatic nitrogens is 2. The van der Waals surface area contributed by atoms with Gasteiger partial charge in [0.1, 0.15) is 0 Å². The first-order valence-corrected chi connectivity index (χ1v) is 5.53. The number of hydrogen-bond donors (Lipinski definition) is 1. The van der Waals surface area contributed by atoms with Crippen LogP contribution >= 0.6 is 11.6 Å². The van der Waals surface area contributed by atoms with Crippen molar-refractivity contribution in [3.8, 4) is 0 Å². The number of imidazole rings is 1. The van der Waals surface area contributed by atoms with E-state index in [4.69, 9.17) is 11.6 Å². The maximum atomic E-state index is 5.85. The number of hydrogen-bond acceptors (Lipinski definition) is 2. The summed E-state index contributed by atoms with van der Waals surface area (Å²) in [5, 5.41) is 3.84. The first-order chi connectivity index (χ1) is 7.69. The molecule has 2 aromatic rings. The molecule has 0 radical (unpaired) electrons. The SMILES string of the molecule is CNc1nc(C)cn1Cc1ccc(Cl)cc1. The predicted octanol–water partition coefficient (Wildman–Crippen LogP) is 2.93. The van der Waals surface area contributed by atoms with Gasteiger partial charge in [-0.25, -0.2) is 4.98 Å². The smallest absolute Gasteiger partial charge is 0.203 e. The van der Waals surface area contributed by atoms with Crippen molar-refractivity contribution < 1.29 is 0 Å². The van der Waals surface area contributed by atoms with E-state index in [9.17, 15) is 0 Å². The van der Waals surface area contributed by atoms with Crippen LogP contribution < -0.4 is 5.32 Å². The molecule has 1 N–H and O–H groups in total. The fourth-order valence-electron chi connectivity index (χ4n) is 1.65. The average molecular weight is 236 g/mol. The number of nitrogens with zero attached hydrogens (tertiary/aromatic N) is 2. The average Bonchev–Trinajstić information content (AvgIpc) is 2.62. The Morgan fingerprint density at radius 3 is 2.62 bits per heavy atom. The third-order valence-electron chi connectivity index (χ3n) is 2.39. The van der Waals surface area contributed by atoms with Gasteiger partial charge in [0, 0.05) is 18.3 Å². The highest BCUT2D eigenvalue weighted by Crippen LogP contribution is 2.14. The molecule has 84 valence electrons. The number of aryl methyl sites for hydroxylation is 1. The second-order valence-electron chi connectivity index (χ2n) is 3.71. The molecule has 0 aliphatic rings. The summed E-state index contributed by atoms with van der Waals surface area (Å²) in [6.07, 6.45) is 2.03. The molecule has 0 saturated heterocycles. The number of rotatable bonds is 3. The van der Waals surface area contributed by atoms with Crippen LogP contribution in [0.2, 0.25) is 5.02 Å². The minimum atomic E-state index is 0.763. The molecule has 0 amide bonds. The minimum Gasteiger partial charge on any atom is -0.359 e. The Bertz CT molecular complexity index is 474. The maximum absolute atomic E-state index is 5.85. The standard InChI is InChI=1S/C12H14ClN3/c1-9-7-16(12(14-2)15-9)8-10-3-5-11(13)6-4-10/h3-7H,8H2,1-2H3,(H,14,15). The molecule has 1 aromatic heterocycles. The Morgan fingerprint density at radius 2 is 2.00 bits per heavy atom. The van der Waals surface area contributed by atoms with Crippen LogP contribution in [0.5, 0.6) is 0 Å². The fourth-order valence-corrected chi connectivity index (χ4v) is 1.78. The normalized spacial score (nSPS) is 10.4. The highest BCUT2D eigenvalue weighted by atomic mass is 35.5. The quantitative estimate of drug-likeness (QED) is 0.887. The molecule has 3 nitrogen and oxygen atoms in total. The minimum absolute atomic E-state index is 0.763. The van der Waals surface area contributed by atoms with Gasteiger partial charge in [-0.3, -0.25) is 0 Å². The van der Waals surface area contributed by atoms with Crippen molar-refractivity contribution in [3.63, 3.8) is 0 Å². The molecule has 0 fully saturated rings. The topological polar surface area (TPSA) is 29.9 Å². The van der Waals surface area contributed by atoms with Gasteiger partial charge in [-0.15, -0.1) is 0 Å². The van der Waals surface area contributed by atoms with E-state index in [1.807, 2.05) is 44.4 Å². The third kappa shape index (κ3) is 2.36. The van der Waals surface area contributed by atoms with Crippen LogP contribution in [0.4, 0.5) is 5.95 Å². The van der Waals surface area contributed by atoms with Gasteiger partial charge in [0.25, 0.3) is 0 Å². The fraction of sp³-hybridized carbons (Fsp3) is 0.250. The summed E-state index contributed by atoms with van der Waals surface area (Å²) < 4.78 is 2.08. The summed E-state index contributed by atoms with van der Waals surface area (Å²) in [6.45, 7) is 2.79. The molecule has 2 rings (SSSR count). The molecule has 4 heteroatoms. The summed E-state index contributed by atoms with van der Waals surface area (Å²) >= 11 is 5.85. The second-order valence-corrected chi connectivity index (χ2v) is 4.15. The van der Waals surface area contributed by atoms with Gasteiger partial charge < -0.3 is 9.88 Å². The summed E-state index contributed by atoms with van der Waals surface area (Å²) in [5.74, 6) is 0.882. The Balaban J connectivity index is 2.22. The van der Waals surface area contributed by atoms with Crippen molar-refractivity contribution in [2.75, 3.05) is 12.4 Å². The van der Waals surface area contributed by atoms with Crippen LogP contribution in [0.25, 0.3) is 0 Å². The van der Waals surface area contributed by atoms with Gasteiger partial charge in [-0.2, -0.15) is 0 Å². The summed E-state index contributed by atoms with van der Waals surface area (Å²) in [4.78, 5) is 4.37. The zero-order chi connectivity index (χ0) is 11.5. The molecular weight excluding hydrogens is 222 g/mol. The molecule has 1 aromatic carbocycles. The molecular formula is C12H14ClN3. The summed E-state index contributed by atoms with van der Waals surface area (Å²) in [5.41, 5.74) is 2.22. The monoisotopic (exact) mass is 235 g/mol. The van der Waals surface area contributed by atoms with Gasteiger partial charge in [0.05, 0.1) is 12.2 Å². The van der Waals surface area contributed by atoms with Gasteiger partial charge in [-0.1, -0.05) is 23.7 Å². The molecule has 0 spiro atoms. The predicted molar refractivity (Wildman–Crippen MR) is 67.1 cm³/mol. The van der Waals surface area contributed by atoms with Crippen LogP contribution in [0.3, 0.4) is 0 Å². The zero-order valence-electron chi connectivity index (χ0n) is 9.37. The van der Waals surface area contributed by atoms with E-state index >= 15 is 0 Å². The lowest BCUT2D eigenvalue weighted by Crippen LogP contribution is -2.03. The Kier molecular flexibility index (Phi) is 3.15. The van der Waals surface area contributed by atoms with Gasteiger partial charge >= 0.3 is 0 Å². The second kappa shape index (κ2) is 4.58. The van der Waals surface area contributed by atoms with Crippen molar-refractivity contribution in [1.82, 2.24) is 9.55 Å². The first-order valence-electron chi connectivity index (χ1n) is 5.15. The van der Waals surface area contributed by atoms with Crippen LogP contribution in [0, 0.1) is 6.92 Å². The van der Waals surface area contributed by atoms with E-state index in [1.54, 1.807) is 0 Å². The third-order valence-corrected chi connectivity index (χ3v) is 2.64. The Labute approximate surface area is 100 Å². The molecule has 0 bridgehead atoms. The maximum Gasteiger partial charge on any atom is 0.203 e. The molecule has 0 aliphatic heterocycles. The van der Waals surface area contributed by atoms with Gasteiger partial charge in [-0.05, 0) is 24.6 Å². The molecule has 1 heterocycles. The molecule has 0 unspecified atom stereocenters. The van der Waals surface area contributed by atoms with Crippen molar-refractivity contribution >= 4 is 17.5 Å². The van der Waals surface area contributed by atoms with E-state index in [0.717, 1.165) is 23.2 Å². The number of nitrogens with one attached hydrogen (secondary N) is 1. The lowest BCUT2D eigenvalue weighted by Gasteiger charge is -2.06. The zero-order valence-corrected chi connectivity index (χ0v) is 10.1. The van der Waals surface area contributed by atoms with Crippen LogP contribution in [-0.2, 0) is 6.54 Å². The van der Waals surface area contributed by atoms with Gasteiger partial charge in [0.2, 0.25) is 5.95 Å². The van der Waals surface area contributed by atoms with Crippen molar-refractivity contribution in [2.45, 2.75) is 13.5 Å². The lowest BCUT2D eigenvalue weighted by molar-refractivity contribution is 0.804. The van der Waals surface area contributed by atoms with E-state index in [-0.39, 0.29) is 0 Å². The van der Waals surface area contributed by atoms with Crippen molar-refractivity contribution in [2.24, 2.45) is 0 Å². The van der Waals surface area contributed by atoms with E-state index in [0.29, 0.717) is 0 Å². The van der Waals surface area contributed by atoms with Gasteiger partial charge in [0.15, 0.2) is 0 Å². The molecule has 0 aliphatic carbocycles. The number of benzene rings is 1.